The van der Waals surface area contributed by atoms with E-state index in [1.165, 1.54) is 6.07 Å². The van der Waals surface area contributed by atoms with E-state index in [-0.39, 0.29) is 22.6 Å². The quantitative estimate of drug-likeness (QED) is 0.708. The molecule has 1 aliphatic rings. The summed E-state index contributed by atoms with van der Waals surface area (Å²) in [6, 6.07) is 4.87. The number of pyridine rings is 2. The molecule has 0 saturated heterocycles. The number of aromatic nitrogens is 4. The fourth-order valence-electron chi connectivity index (χ4n) is 3.69. The number of carbonyl (C=O) groups excluding carboxylic acids is 1. The number of fused-ring (bicyclic) bond motifs is 2. The molecule has 2 N–H and O–H groups in total. The van der Waals surface area contributed by atoms with E-state index in [2.05, 4.69) is 20.5 Å². The van der Waals surface area contributed by atoms with Crippen molar-refractivity contribution >= 4 is 16.9 Å². The minimum atomic E-state index is -0.402. The van der Waals surface area contributed by atoms with Crippen molar-refractivity contribution in [2.24, 2.45) is 0 Å². The smallest absolute Gasteiger partial charge is 0.264 e. The highest BCUT2D eigenvalue weighted by molar-refractivity contribution is 5.97. The number of nitrogens with one attached hydrogen (secondary N) is 2. The maximum Gasteiger partial charge on any atom is 0.264 e. The van der Waals surface area contributed by atoms with Crippen LogP contribution in [0, 0.1) is 6.92 Å². The van der Waals surface area contributed by atoms with Crippen LogP contribution in [0.2, 0.25) is 0 Å². The Labute approximate surface area is 160 Å². The van der Waals surface area contributed by atoms with Gasteiger partial charge in [0.05, 0.1) is 11.1 Å². The molecular weight excluding hydrogens is 358 g/mol. The Morgan fingerprint density at radius 3 is 2.96 bits per heavy atom. The lowest BCUT2D eigenvalue weighted by atomic mass is 9.92. The van der Waals surface area contributed by atoms with Crippen molar-refractivity contribution in [3.8, 4) is 0 Å². The van der Waals surface area contributed by atoms with Crippen molar-refractivity contribution in [2.75, 3.05) is 0 Å². The third-order valence-corrected chi connectivity index (χ3v) is 5.15. The standard InChI is InChI=1S/C20H21N5O3/c1-3-25-10-15(18(27)14-6-4-11(2)21-19(14)25)20(28)22-13-5-7-16-12(8-13)9-17(26)24-23-16/h4,6,9-10,13H,3,5,7-8H2,1-2H3,(H,22,28)(H,24,26)/t13-/m0/s1. The van der Waals surface area contributed by atoms with Crippen molar-refractivity contribution in [3.05, 3.63) is 67.5 Å². The van der Waals surface area contributed by atoms with Crippen LogP contribution in [0.4, 0.5) is 0 Å². The summed E-state index contributed by atoms with van der Waals surface area (Å²) in [4.78, 5) is 41.7. The summed E-state index contributed by atoms with van der Waals surface area (Å²) < 4.78 is 1.82. The summed E-state index contributed by atoms with van der Waals surface area (Å²) in [5.74, 6) is -0.402. The maximum absolute atomic E-state index is 12.9. The Morgan fingerprint density at radius 2 is 2.18 bits per heavy atom. The summed E-state index contributed by atoms with van der Waals surface area (Å²) in [6.07, 6.45) is 3.47. The first kappa shape index (κ1) is 18.1. The summed E-state index contributed by atoms with van der Waals surface area (Å²) in [5.41, 5.74) is 2.62. The van der Waals surface area contributed by atoms with Crippen molar-refractivity contribution in [2.45, 2.75) is 45.7 Å². The molecule has 4 rings (SSSR count). The van der Waals surface area contributed by atoms with Crippen LogP contribution >= 0.6 is 0 Å². The average molecular weight is 379 g/mol. The van der Waals surface area contributed by atoms with Crippen LogP contribution in [-0.2, 0) is 19.4 Å². The molecule has 144 valence electrons. The molecule has 0 aromatic carbocycles. The fraction of sp³-hybridized carbons (Fsp3) is 0.350. The average Bonchev–Trinajstić information content (AvgIpc) is 2.67. The first-order valence-electron chi connectivity index (χ1n) is 9.35. The molecule has 0 saturated carbocycles. The van der Waals surface area contributed by atoms with Crippen LogP contribution in [0.15, 0.2) is 34.0 Å². The van der Waals surface area contributed by atoms with E-state index >= 15 is 0 Å². The normalized spacial score (nSPS) is 16.0. The number of aryl methyl sites for hydroxylation is 3. The van der Waals surface area contributed by atoms with E-state index < -0.39 is 5.91 Å². The SMILES string of the molecule is CCn1cc(C(=O)N[C@H]2CCc3n[nH]c(=O)cc3C2)c(=O)c2ccc(C)nc21. The van der Waals surface area contributed by atoms with Gasteiger partial charge in [-0.25, -0.2) is 10.1 Å². The van der Waals surface area contributed by atoms with Crippen LogP contribution in [-0.4, -0.2) is 31.7 Å². The molecule has 8 heteroatoms. The Morgan fingerprint density at radius 1 is 1.36 bits per heavy atom. The molecule has 0 aliphatic heterocycles. The van der Waals surface area contributed by atoms with Gasteiger partial charge in [0, 0.05) is 30.5 Å². The van der Waals surface area contributed by atoms with Gasteiger partial charge in [-0.15, -0.1) is 0 Å². The number of nitrogens with zero attached hydrogens (tertiary/aromatic N) is 3. The fourth-order valence-corrected chi connectivity index (χ4v) is 3.69. The molecule has 1 aliphatic carbocycles. The molecule has 0 spiro atoms. The molecule has 0 radical (unpaired) electrons. The molecule has 3 heterocycles. The number of amides is 1. The summed E-state index contributed by atoms with van der Waals surface area (Å²) in [6.45, 7) is 4.41. The molecule has 8 nitrogen and oxygen atoms in total. The third-order valence-electron chi connectivity index (χ3n) is 5.15. The number of H-pyrrole nitrogens is 1. The van der Waals surface area contributed by atoms with Crippen molar-refractivity contribution < 1.29 is 4.79 Å². The van der Waals surface area contributed by atoms with Crippen molar-refractivity contribution in [1.29, 1.82) is 0 Å². The lowest BCUT2D eigenvalue weighted by Gasteiger charge is -2.24. The van der Waals surface area contributed by atoms with Gasteiger partial charge in [0.1, 0.15) is 11.2 Å². The summed E-state index contributed by atoms with van der Waals surface area (Å²) in [7, 11) is 0. The van der Waals surface area contributed by atoms with Crippen LogP contribution in [0.25, 0.3) is 11.0 Å². The minimum Gasteiger partial charge on any atom is -0.349 e. The molecule has 3 aromatic rings. The Balaban J connectivity index is 1.64. The van der Waals surface area contributed by atoms with Crippen LogP contribution < -0.4 is 16.3 Å². The lowest BCUT2D eigenvalue weighted by molar-refractivity contribution is 0.0932. The number of carbonyl (C=O) groups is 1. The molecule has 0 bridgehead atoms. The molecule has 1 amide bonds. The Kier molecular flexibility index (Phi) is 4.54. The van der Waals surface area contributed by atoms with Gasteiger partial charge < -0.3 is 9.88 Å². The van der Waals surface area contributed by atoms with E-state index in [1.807, 2.05) is 18.4 Å². The van der Waals surface area contributed by atoms with Crippen molar-refractivity contribution in [3.63, 3.8) is 0 Å². The maximum atomic E-state index is 12.9. The van der Waals surface area contributed by atoms with E-state index in [0.29, 0.717) is 36.8 Å². The third kappa shape index (κ3) is 3.21. The van der Waals surface area contributed by atoms with Gasteiger partial charge in [-0.3, -0.25) is 14.4 Å². The number of hydrogen-bond acceptors (Lipinski definition) is 5. The first-order chi connectivity index (χ1) is 13.5. The highest BCUT2D eigenvalue weighted by atomic mass is 16.2. The largest absolute Gasteiger partial charge is 0.349 e. The second-order valence-corrected chi connectivity index (χ2v) is 7.10. The van der Waals surface area contributed by atoms with Crippen LogP contribution in [0.1, 0.15) is 40.7 Å². The molecule has 0 fully saturated rings. The zero-order valence-corrected chi connectivity index (χ0v) is 15.8. The Hall–Kier alpha value is -3.29. The second-order valence-electron chi connectivity index (χ2n) is 7.10. The van der Waals surface area contributed by atoms with Gasteiger partial charge in [0.25, 0.3) is 11.5 Å². The predicted molar refractivity (Wildman–Crippen MR) is 105 cm³/mol. The molecular formula is C20H21N5O3. The van der Waals surface area contributed by atoms with Gasteiger partial charge in [0.15, 0.2) is 0 Å². The zero-order valence-electron chi connectivity index (χ0n) is 15.8. The predicted octanol–water partition coefficient (Wildman–Crippen LogP) is 1.10. The van der Waals surface area contributed by atoms with E-state index in [1.54, 1.807) is 18.3 Å². The second kappa shape index (κ2) is 7.03. The van der Waals surface area contributed by atoms with Crippen molar-refractivity contribution in [1.82, 2.24) is 25.1 Å². The minimum absolute atomic E-state index is 0.106. The highest BCUT2D eigenvalue weighted by Gasteiger charge is 2.24. The number of hydrogen-bond donors (Lipinski definition) is 2. The Bertz CT molecular complexity index is 1190. The number of rotatable bonds is 3. The summed E-state index contributed by atoms with van der Waals surface area (Å²) >= 11 is 0. The molecule has 28 heavy (non-hydrogen) atoms. The summed E-state index contributed by atoms with van der Waals surface area (Å²) in [5, 5.41) is 9.88. The van der Waals surface area contributed by atoms with Gasteiger partial charge in [-0.2, -0.15) is 5.10 Å². The van der Waals surface area contributed by atoms with Gasteiger partial charge in [-0.1, -0.05) is 0 Å². The topological polar surface area (TPSA) is 110 Å². The van der Waals surface area contributed by atoms with Crippen LogP contribution in [0.3, 0.4) is 0 Å². The molecule has 3 aromatic heterocycles. The van der Waals surface area contributed by atoms with E-state index in [0.717, 1.165) is 17.0 Å². The number of aromatic amines is 1. The van der Waals surface area contributed by atoms with E-state index in [9.17, 15) is 14.4 Å². The van der Waals surface area contributed by atoms with E-state index in [4.69, 9.17) is 0 Å². The first-order valence-corrected chi connectivity index (χ1v) is 9.35. The molecule has 1 atom stereocenters. The monoisotopic (exact) mass is 379 g/mol. The van der Waals surface area contributed by atoms with Gasteiger partial charge in [-0.05, 0) is 50.8 Å². The zero-order chi connectivity index (χ0) is 19.8. The van der Waals surface area contributed by atoms with Crippen LogP contribution in [0.5, 0.6) is 0 Å². The molecule has 0 unspecified atom stereocenters. The van der Waals surface area contributed by atoms with Gasteiger partial charge >= 0.3 is 0 Å². The van der Waals surface area contributed by atoms with Gasteiger partial charge in [0.2, 0.25) is 5.43 Å². The lowest BCUT2D eigenvalue weighted by Crippen LogP contribution is -2.41. The highest BCUT2D eigenvalue weighted by Crippen LogP contribution is 2.18.